The van der Waals surface area contributed by atoms with Gasteiger partial charge in [-0.15, -0.1) is 0 Å². The summed E-state index contributed by atoms with van der Waals surface area (Å²) in [5, 5.41) is 0. The Hall–Kier alpha value is -1.55. The first-order valence-electron chi connectivity index (χ1n) is 4.48. The smallest absolute Gasteiger partial charge is 0.130 e. The molecule has 0 aliphatic heterocycles. The lowest BCUT2D eigenvalue weighted by atomic mass is 10.1. The summed E-state index contributed by atoms with van der Waals surface area (Å²) in [6.45, 7) is 1.92. The highest BCUT2D eigenvalue weighted by Gasteiger charge is 2.03. The van der Waals surface area contributed by atoms with E-state index >= 15 is 0 Å². The molecule has 1 heterocycles. The molecule has 15 heavy (non-hydrogen) atoms. The summed E-state index contributed by atoms with van der Waals surface area (Å²) in [5.74, 6) is -0.258. The number of hydrogen-bond acceptors (Lipinski definition) is 2. The highest BCUT2D eigenvalue weighted by molar-refractivity contribution is 7.71. The second kappa shape index (κ2) is 3.90. The number of aromatic amines is 1. The minimum Gasteiger partial charge on any atom is -0.346 e. The van der Waals surface area contributed by atoms with Crippen LogP contribution < -0.4 is 0 Å². The van der Waals surface area contributed by atoms with E-state index in [1.807, 2.05) is 6.92 Å². The number of aryl methyl sites for hydroxylation is 1. The van der Waals surface area contributed by atoms with Gasteiger partial charge in [0.2, 0.25) is 0 Å². The topological polar surface area (TPSA) is 28.7 Å². The summed E-state index contributed by atoms with van der Waals surface area (Å²) in [7, 11) is 0. The van der Waals surface area contributed by atoms with Gasteiger partial charge in [0.05, 0.1) is 6.33 Å². The van der Waals surface area contributed by atoms with Gasteiger partial charge >= 0.3 is 0 Å². The molecular formula is C11H9FN2S. The number of hydrogen-bond donors (Lipinski definition) is 1. The Labute approximate surface area is 91.8 Å². The lowest BCUT2D eigenvalue weighted by Crippen LogP contribution is -1.89. The standard InChI is InChI=1S/C11H9FN2S/c1-7-2-3-8(12)4-9(7)10-5-11(15)14-6-13-10/h2-6H,1H3,(H,13,14,15). The molecule has 0 aliphatic carbocycles. The highest BCUT2D eigenvalue weighted by atomic mass is 32.1. The fraction of sp³-hybridized carbons (Fsp3) is 0.0909. The summed E-state index contributed by atoms with van der Waals surface area (Å²) >= 11 is 4.95. The maximum absolute atomic E-state index is 13.1. The molecule has 0 radical (unpaired) electrons. The Morgan fingerprint density at radius 3 is 2.87 bits per heavy atom. The van der Waals surface area contributed by atoms with Gasteiger partial charge in [0.15, 0.2) is 0 Å². The quantitative estimate of drug-likeness (QED) is 0.747. The Morgan fingerprint density at radius 1 is 1.33 bits per heavy atom. The van der Waals surface area contributed by atoms with Gasteiger partial charge < -0.3 is 4.98 Å². The molecule has 4 heteroatoms. The number of nitrogens with one attached hydrogen (secondary N) is 1. The largest absolute Gasteiger partial charge is 0.346 e. The first kappa shape index (κ1) is 9.98. The van der Waals surface area contributed by atoms with Crippen LogP contribution in [0, 0.1) is 17.4 Å². The van der Waals surface area contributed by atoms with E-state index in [1.54, 1.807) is 12.1 Å². The van der Waals surface area contributed by atoms with E-state index in [2.05, 4.69) is 9.97 Å². The van der Waals surface area contributed by atoms with Crippen molar-refractivity contribution in [1.82, 2.24) is 9.97 Å². The highest BCUT2D eigenvalue weighted by Crippen LogP contribution is 2.21. The predicted octanol–water partition coefficient (Wildman–Crippen LogP) is 3.25. The lowest BCUT2D eigenvalue weighted by molar-refractivity contribution is 0.628. The molecule has 2 nitrogen and oxygen atoms in total. The van der Waals surface area contributed by atoms with E-state index in [0.29, 0.717) is 4.64 Å². The molecule has 1 aromatic heterocycles. The van der Waals surface area contributed by atoms with Crippen LogP contribution in [0.5, 0.6) is 0 Å². The summed E-state index contributed by atoms with van der Waals surface area (Å²) in [4.78, 5) is 6.83. The number of H-pyrrole nitrogens is 1. The molecule has 0 unspecified atom stereocenters. The van der Waals surface area contributed by atoms with Gasteiger partial charge in [-0.25, -0.2) is 9.37 Å². The Bertz CT molecular complexity index is 548. The molecule has 0 fully saturated rings. The van der Waals surface area contributed by atoms with Crippen LogP contribution in [0.4, 0.5) is 4.39 Å². The van der Waals surface area contributed by atoms with Gasteiger partial charge in [0, 0.05) is 11.3 Å². The number of nitrogens with zero attached hydrogens (tertiary/aromatic N) is 1. The summed E-state index contributed by atoms with van der Waals surface area (Å²) < 4.78 is 13.6. The zero-order valence-electron chi connectivity index (χ0n) is 8.12. The van der Waals surface area contributed by atoms with Gasteiger partial charge in [-0.3, -0.25) is 0 Å². The van der Waals surface area contributed by atoms with E-state index in [4.69, 9.17) is 12.2 Å². The molecule has 76 valence electrons. The van der Waals surface area contributed by atoms with E-state index < -0.39 is 0 Å². The fourth-order valence-corrected chi connectivity index (χ4v) is 1.58. The van der Waals surface area contributed by atoms with Crippen LogP contribution in [0.1, 0.15) is 5.56 Å². The molecule has 0 atom stereocenters. The molecule has 1 aromatic carbocycles. The van der Waals surface area contributed by atoms with E-state index in [1.165, 1.54) is 18.5 Å². The average Bonchev–Trinajstić information content (AvgIpc) is 2.22. The number of halogens is 1. The van der Waals surface area contributed by atoms with E-state index in [-0.39, 0.29) is 5.82 Å². The van der Waals surface area contributed by atoms with Crippen LogP contribution in [-0.4, -0.2) is 9.97 Å². The molecule has 0 spiro atoms. The van der Waals surface area contributed by atoms with Gasteiger partial charge in [-0.1, -0.05) is 18.3 Å². The Morgan fingerprint density at radius 2 is 2.13 bits per heavy atom. The first-order chi connectivity index (χ1) is 7.16. The second-order valence-electron chi connectivity index (χ2n) is 3.26. The van der Waals surface area contributed by atoms with Crippen molar-refractivity contribution in [2.45, 2.75) is 6.92 Å². The number of rotatable bonds is 1. The first-order valence-corrected chi connectivity index (χ1v) is 4.89. The summed E-state index contributed by atoms with van der Waals surface area (Å²) in [5.41, 5.74) is 2.59. The zero-order chi connectivity index (χ0) is 10.8. The monoisotopic (exact) mass is 220 g/mol. The minimum absolute atomic E-state index is 0.258. The van der Waals surface area contributed by atoms with Crippen molar-refractivity contribution in [3.8, 4) is 11.3 Å². The normalized spacial score (nSPS) is 10.3. The molecule has 2 aromatic rings. The summed E-state index contributed by atoms with van der Waals surface area (Å²) in [6, 6.07) is 6.38. The van der Waals surface area contributed by atoms with Gasteiger partial charge in [0.1, 0.15) is 10.5 Å². The molecule has 1 N–H and O–H groups in total. The maximum Gasteiger partial charge on any atom is 0.130 e. The van der Waals surface area contributed by atoms with Crippen molar-refractivity contribution < 1.29 is 4.39 Å². The Kier molecular flexibility index (Phi) is 2.60. The van der Waals surface area contributed by atoms with Crippen molar-refractivity contribution >= 4 is 12.2 Å². The second-order valence-corrected chi connectivity index (χ2v) is 3.68. The van der Waals surface area contributed by atoms with Crippen molar-refractivity contribution in [3.05, 3.63) is 46.6 Å². The third kappa shape index (κ3) is 2.10. The van der Waals surface area contributed by atoms with Crippen LogP contribution in [-0.2, 0) is 0 Å². The molecule has 0 saturated carbocycles. The van der Waals surface area contributed by atoms with Crippen LogP contribution in [0.15, 0.2) is 30.6 Å². The van der Waals surface area contributed by atoms with Gasteiger partial charge in [0.25, 0.3) is 0 Å². The average molecular weight is 220 g/mol. The SMILES string of the molecule is Cc1ccc(F)cc1-c1cc(=S)nc[nH]1. The van der Waals surface area contributed by atoms with Crippen LogP contribution in [0.25, 0.3) is 11.3 Å². The summed E-state index contributed by atoms with van der Waals surface area (Å²) in [6.07, 6.45) is 1.52. The molecule has 0 aliphatic rings. The molecule has 0 bridgehead atoms. The number of benzene rings is 1. The maximum atomic E-state index is 13.1. The number of aromatic nitrogens is 2. The van der Waals surface area contributed by atoms with Crippen molar-refractivity contribution in [2.24, 2.45) is 0 Å². The Balaban J connectivity index is 2.63. The van der Waals surface area contributed by atoms with Crippen LogP contribution >= 0.6 is 12.2 Å². The molecule has 2 rings (SSSR count). The molecule has 0 saturated heterocycles. The molecular weight excluding hydrogens is 211 g/mol. The fourth-order valence-electron chi connectivity index (χ4n) is 1.41. The van der Waals surface area contributed by atoms with Crippen molar-refractivity contribution in [3.63, 3.8) is 0 Å². The van der Waals surface area contributed by atoms with Gasteiger partial charge in [-0.2, -0.15) is 0 Å². The van der Waals surface area contributed by atoms with Crippen LogP contribution in [0.2, 0.25) is 0 Å². The third-order valence-electron chi connectivity index (χ3n) is 2.17. The van der Waals surface area contributed by atoms with Crippen molar-refractivity contribution in [1.29, 1.82) is 0 Å². The van der Waals surface area contributed by atoms with E-state index in [0.717, 1.165) is 16.8 Å². The molecule has 0 amide bonds. The van der Waals surface area contributed by atoms with E-state index in [9.17, 15) is 4.39 Å². The lowest BCUT2D eigenvalue weighted by Gasteiger charge is -2.05. The van der Waals surface area contributed by atoms with Crippen molar-refractivity contribution in [2.75, 3.05) is 0 Å². The van der Waals surface area contributed by atoms with Crippen LogP contribution in [0.3, 0.4) is 0 Å². The predicted molar refractivity (Wildman–Crippen MR) is 59.6 cm³/mol. The van der Waals surface area contributed by atoms with Gasteiger partial charge in [-0.05, 0) is 30.7 Å². The minimum atomic E-state index is -0.258. The zero-order valence-corrected chi connectivity index (χ0v) is 8.94. The third-order valence-corrected chi connectivity index (χ3v) is 2.39.